The summed E-state index contributed by atoms with van der Waals surface area (Å²) >= 11 is 0. The lowest BCUT2D eigenvalue weighted by atomic mass is 10.3. The van der Waals surface area contributed by atoms with E-state index >= 15 is 0 Å². The molecule has 0 unspecified atom stereocenters. The van der Waals surface area contributed by atoms with E-state index in [0.29, 0.717) is 5.76 Å². The molecule has 0 fully saturated rings. The normalized spacial score (nSPS) is 10.6. The summed E-state index contributed by atoms with van der Waals surface area (Å²) in [5, 5.41) is 8.91. The Bertz CT molecular complexity index is 132. The Morgan fingerprint density at radius 3 is 2.36 bits per heavy atom. The minimum Gasteiger partial charge on any atom is -0.508 e. The standard InChI is InChI=1S/C8H12O.C2H6/c1-3-5-7-8(9)6-4-2;1-2/h3,5-7,9H,1,4H2,2H3;1-2H3/b7-5-,8-6+;. The molecule has 1 heteroatoms. The largest absolute Gasteiger partial charge is 0.508 e. The molecule has 0 saturated carbocycles. The molecule has 0 aliphatic carbocycles. The zero-order valence-corrected chi connectivity index (χ0v) is 7.67. The van der Waals surface area contributed by atoms with Crippen molar-refractivity contribution in [2.45, 2.75) is 27.2 Å². The van der Waals surface area contributed by atoms with Gasteiger partial charge in [0.2, 0.25) is 0 Å². The van der Waals surface area contributed by atoms with E-state index in [2.05, 4.69) is 6.58 Å². The van der Waals surface area contributed by atoms with Crippen LogP contribution in [0.3, 0.4) is 0 Å². The molecule has 0 aromatic carbocycles. The van der Waals surface area contributed by atoms with Crippen molar-refractivity contribution in [1.82, 2.24) is 0 Å². The Hall–Kier alpha value is -0.980. The monoisotopic (exact) mass is 154 g/mol. The van der Waals surface area contributed by atoms with Crippen molar-refractivity contribution in [3.8, 4) is 0 Å². The average Bonchev–Trinajstić information content (AvgIpc) is 2.05. The molecule has 0 aromatic rings. The van der Waals surface area contributed by atoms with E-state index in [1.54, 1.807) is 24.3 Å². The number of allylic oxidation sites excluding steroid dienone is 4. The molecule has 0 radical (unpaired) electrons. The SMILES string of the molecule is C=C/C=C\C(O)=C/CC.CC. The summed E-state index contributed by atoms with van der Waals surface area (Å²) in [4.78, 5) is 0. The van der Waals surface area contributed by atoms with Crippen molar-refractivity contribution in [2.75, 3.05) is 0 Å². The molecular formula is C10H18O. The van der Waals surface area contributed by atoms with Gasteiger partial charge in [-0.3, -0.25) is 0 Å². The molecule has 0 heterocycles. The van der Waals surface area contributed by atoms with E-state index < -0.39 is 0 Å². The van der Waals surface area contributed by atoms with Crippen LogP contribution in [-0.4, -0.2) is 5.11 Å². The second kappa shape index (κ2) is 11.8. The Kier molecular flexibility index (Phi) is 13.6. The summed E-state index contributed by atoms with van der Waals surface area (Å²) in [6.07, 6.45) is 7.52. The van der Waals surface area contributed by atoms with Crippen molar-refractivity contribution in [2.24, 2.45) is 0 Å². The summed E-state index contributed by atoms with van der Waals surface area (Å²) in [6, 6.07) is 0. The Morgan fingerprint density at radius 2 is 2.00 bits per heavy atom. The molecule has 1 nitrogen and oxygen atoms in total. The van der Waals surface area contributed by atoms with Crippen LogP contribution in [0.2, 0.25) is 0 Å². The van der Waals surface area contributed by atoms with E-state index in [-0.39, 0.29) is 0 Å². The van der Waals surface area contributed by atoms with Crippen molar-refractivity contribution in [3.63, 3.8) is 0 Å². The molecule has 0 aliphatic rings. The van der Waals surface area contributed by atoms with E-state index in [4.69, 9.17) is 5.11 Å². The van der Waals surface area contributed by atoms with Gasteiger partial charge in [-0.15, -0.1) is 0 Å². The highest BCUT2D eigenvalue weighted by Crippen LogP contribution is 1.92. The van der Waals surface area contributed by atoms with Crippen LogP contribution in [0.25, 0.3) is 0 Å². The molecule has 0 saturated heterocycles. The maximum atomic E-state index is 8.91. The van der Waals surface area contributed by atoms with E-state index in [9.17, 15) is 0 Å². The minimum absolute atomic E-state index is 0.303. The van der Waals surface area contributed by atoms with Crippen LogP contribution in [0.4, 0.5) is 0 Å². The maximum absolute atomic E-state index is 8.91. The first-order valence-corrected chi connectivity index (χ1v) is 3.99. The first kappa shape index (κ1) is 12.7. The lowest BCUT2D eigenvalue weighted by Gasteiger charge is -1.85. The number of hydrogen-bond acceptors (Lipinski definition) is 1. The van der Waals surface area contributed by atoms with Gasteiger partial charge in [-0.05, 0) is 18.6 Å². The van der Waals surface area contributed by atoms with Gasteiger partial charge in [-0.25, -0.2) is 0 Å². The molecule has 1 N–H and O–H groups in total. The summed E-state index contributed by atoms with van der Waals surface area (Å²) < 4.78 is 0. The van der Waals surface area contributed by atoms with Gasteiger partial charge >= 0.3 is 0 Å². The molecule has 0 aromatic heterocycles. The van der Waals surface area contributed by atoms with E-state index in [1.165, 1.54) is 0 Å². The summed E-state index contributed by atoms with van der Waals surface area (Å²) in [7, 11) is 0. The summed E-state index contributed by atoms with van der Waals surface area (Å²) in [5.41, 5.74) is 0. The first-order chi connectivity index (χ1) is 5.31. The fourth-order valence-corrected chi connectivity index (χ4v) is 0.444. The van der Waals surface area contributed by atoms with Crippen LogP contribution in [-0.2, 0) is 0 Å². The number of hydrogen-bond donors (Lipinski definition) is 1. The molecule has 0 bridgehead atoms. The lowest BCUT2D eigenvalue weighted by Crippen LogP contribution is -1.70. The van der Waals surface area contributed by atoms with Gasteiger partial charge < -0.3 is 5.11 Å². The van der Waals surface area contributed by atoms with Gasteiger partial charge in [0.15, 0.2) is 0 Å². The smallest absolute Gasteiger partial charge is 0.111 e. The number of aliphatic hydroxyl groups is 1. The Labute approximate surface area is 69.8 Å². The molecule has 0 aliphatic heterocycles. The van der Waals surface area contributed by atoms with E-state index in [1.807, 2.05) is 20.8 Å². The average molecular weight is 154 g/mol. The summed E-state index contributed by atoms with van der Waals surface area (Å²) in [5.74, 6) is 0.303. The predicted octanol–water partition coefficient (Wildman–Crippen LogP) is 3.61. The van der Waals surface area contributed by atoms with Gasteiger partial charge in [-0.2, -0.15) is 0 Å². The fraction of sp³-hybridized carbons (Fsp3) is 0.400. The minimum atomic E-state index is 0.303. The van der Waals surface area contributed by atoms with Crippen LogP contribution < -0.4 is 0 Å². The van der Waals surface area contributed by atoms with Gasteiger partial charge in [0.25, 0.3) is 0 Å². The van der Waals surface area contributed by atoms with Crippen molar-refractivity contribution >= 4 is 0 Å². The third-order valence-corrected chi connectivity index (χ3v) is 0.816. The Morgan fingerprint density at radius 1 is 1.45 bits per heavy atom. The van der Waals surface area contributed by atoms with Gasteiger partial charge in [-0.1, -0.05) is 39.5 Å². The Balaban J connectivity index is 0. The molecule has 11 heavy (non-hydrogen) atoms. The quantitative estimate of drug-likeness (QED) is 0.486. The maximum Gasteiger partial charge on any atom is 0.111 e. The highest BCUT2D eigenvalue weighted by atomic mass is 16.3. The van der Waals surface area contributed by atoms with Crippen LogP contribution >= 0.6 is 0 Å². The highest BCUT2D eigenvalue weighted by molar-refractivity contribution is 5.14. The third-order valence-electron chi connectivity index (χ3n) is 0.816. The van der Waals surface area contributed by atoms with E-state index in [0.717, 1.165) is 6.42 Å². The van der Waals surface area contributed by atoms with Crippen LogP contribution in [0.5, 0.6) is 0 Å². The van der Waals surface area contributed by atoms with Gasteiger partial charge in [0.05, 0.1) is 0 Å². The van der Waals surface area contributed by atoms with Crippen LogP contribution in [0.15, 0.2) is 36.6 Å². The first-order valence-electron chi connectivity index (χ1n) is 3.99. The van der Waals surface area contributed by atoms with Gasteiger partial charge in [0, 0.05) is 0 Å². The molecule has 0 spiro atoms. The number of aliphatic hydroxyl groups excluding tert-OH is 1. The van der Waals surface area contributed by atoms with Gasteiger partial charge in [0.1, 0.15) is 5.76 Å². The van der Waals surface area contributed by atoms with Crippen LogP contribution in [0.1, 0.15) is 27.2 Å². The molecule has 64 valence electrons. The topological polar surface area (TPSA) is 20.2 Å². The van der Waals surface area contributed by atoms with Crippen molar-refractivity contribution < 1.29 is 5.11 Å². The highest BCUT2D eigenvalue weighted by Gasteiger charge is 1.77. The van der Waals surface area contributed by atoms with Crippen molar-refractivity contribution in [3.05, 3.63) is 36.6 Å². The second-order valence-corrected chi connectivity index (χ2v) is 1.63. The zero-order chi connectivity index (χ0) is 9.11. The summed E-state index contributed by atoms with van der Waals surface area (Å²) in [6.45, 7) is 9.44. The molecule has 0 amide bonds. The lowest BCUT2D eigenvalue weighted by molar-refractivity contribution is 0.430. The third kappa shape index (κ3) is 12.3. The number of rotatable bonds is 3. The fourth-order valence-electron chi connectivity index (χ4n) is 0.444. The zero-order valence-electron chi connectivity index (χ0n) is 7.67. The molecular weight excluding hydrogens is 136 g/mol. The van der Waals surface area contributed by atoms with Crippen LogP contribution in [0, 0.1) is 0 Å². The predicted molar refractivity (Wildman–Crippen MR) is 51.7 cm³/mol. The molecule has 0 rings (SSSR count). The second-order valence-electron chi connectivity index (χ2n) is 1.63. The molecule has 0 atom stereocenters. The van der Waals surface area contributed by atoms with Crippen molar-refractivity contribution in [1.29, 1.82) is 0 Å².